The Balaban J connectivity index is 4.67. The zero-order valence-electron chi connectivity index (χ0n) is 14.2. The van der Waals surface area contributed by atoms with Gasteiger partial charge in [-0.05, 0) is 52.9 Å². The minimum Gasteiger partial charge on any atom is -0.308 e. The van der Waals surface area contributed by atoms with Crippen LogP contribution in [0.3, 0.4) is 0 Å². The van der Waals surface area contributed by atoms with Crippen molar-refractivity contribution in [3.8, 4) is 0 Å². The van der Waals surface area contributed by atoms with Gasteiger partial charge in [0.25, 0.3) is 10.1 Å². The van der Waals surface area contributed by atoms with E-state index in [1.807, 2.05) is 25.2 Å². The standard InChI is InChI=1S/C15H29O6PS/c1-4-7-8-9-10-11-12-13-14-15(23(17,18)19)22(16,20-5-2)21-6-3/h4,7,10-11,15H,5-6,8-9,12-14H2,1-3H3,(H,17,18,19). The fraction of sp³-hybridized carbons (Fsp3) is 0.733. The first-order valence-corrected chi connectivity index (χ1v) is 11.0. The molecule has 0 saturated heterocycles. The number of unbranched alkanes of at least 4 members (excludes halogenated alkanes) is 2. The molecule has 0 radical (unpaired) electrons. The first-order chi connectivity index (χ1) is 10.8. The molecule has 0 amide bonds. The van der Waals surface area contributed by atoms with E-state index in [0.29, 0.717) is 12.8 Å². The van der Waals surface area contributed by atoms with Gasteiger partial charge in [0.05, 0.1) is 13.2 Å². The van der Waals surface area contributed by atoms with Crippen LogP contribution in [-0.4, -0.2) is 31.2 Å². The van der Waals surface area contributed by atoms with Gasteiger partial charge in [-0.25, -0.2) is 0 Å². The molecule has 0 aliphatic heterocycles. The topological polar surface area (TPSA) is 89.9 Å². The summed E-state index contributed by atoms with van der Waals surface area (Å²) in [6.45, 7) is 5.26. The van der Waals surface area contributed by atoms with Gasteiger partial charge >= 0.3 is 7.60 Å². The lowest BCUT2D eigenvalue weighted by atomic mass is 10.2. The van der Waals surface area contributed by atoms with Gasteiger partial charge in [-0.1, -0.05) is 24.3 Å². The Bertz CT molecular complexity index is 502. The molecule has 136 valence electrons. The number of allylic oxidation sites excluding steroid dienone is 4. The molecule has 8 heteroatoms. The molecule has 0 aromatic rings. The molecular weight excluding hydrogens is 339 g/mol. The minimum atomic E-state index is -4.52. The van der Waals surface area contributed by atoms with Crippen LogP contribution in [0.2, 0.25) is 0 Å². The Morgan fingerprint density at radius 2 is 1.57 bits per heavy atom. The zero-order valence-corrected chi connectivity index (χ0v) is 15.9. The fourth-order valence-corrected chi connectivity index (χ4v) is 5.80. The number of hydrogen-bond donors (Lipinski definition) is 1. The first-order valence-electron chi connectivity index (χ1n) is 7.93. The van der Waals surface area contributed by atoms with Crippen LogP contribution in [0.15, 0.2) is 24.3 Å². The predicted octanol–water partition coefficient (Wildman–Crippen LogP) is 4.55. The Morgan fingerprint density at radius 3 is 2.04 bits per heavy atom. The van der Waals surface area contributed by atoms with Gasteiger partial charge in [-0.3, -0.25) is 9.12 Å². The SMILES string of the molecule is CC=CCCC=CCCCC(P(=O)(OCC)OCC)S(=O)(=O)O. The summed E-state index contributed by atoms with van der Waals surface area (Å²) < 4.78 is 55.2. The molecule has 0 aromatic carbocycles. The molecule has 0 spiro atoms. The van der Waals surface area contributed by atoms with Crippen LogP contribution < -0.4 is 0 Å². The highest BCUT2D eigenvalue weighted by Gasteiger charge is 2.43. The average molecular weight is 368 g/mol. The lowest BCUT2D eigenvalue weighted by molar-refractivity contribution is 0.215. The first kappa shape index (κ1) is 22.5. The van der Waals surface area contributed by atoms with E-state index in [-0.39, 0.29) is 19.6 Å². The highest BCUT2D eigenvalue weighted by Crippen LogP contribution is 2.56. The molecule has 1 unspecified atom stereocenters. The second-order valence-electron chi connectivity index (χ2n) is 4.89. The van der Waals surface area contributed by atoms with E-state index in [1.165, 1.54) is 0 Å². The van der Waals surface area contributed by atoms with Gasteiger partial charge in [0.15, 0.2) is 4.99 Å². The van der Waals surface area contributed by atoms with Gasteiger partial charge in [-0.15, -0.1) is 0 Å². The maximum absolute atomic E-state index is 12.6. The third kappa shape index (κ3) is 9.42. The van der Waals surface area contributed by atoms with E-state index in [1.54, 1.807) is 13.8 Å². The quantitative estimate of drug-likeness (QED) is 0.222. The lowest BCUT2D eigenvalue weighted by Crippen LogP contribution is -2.23. The Labute approximate surface area is 140 Å². The summed E-state index contributed by atoms with van der Waals surface area (Å²) in [7, 11) is -8.41. The van der Waals surface area contributed by atoms with E-state index in [0.717, 1.165) is 12.8 Å². The van der Waals surface area contributed by atoms with Crippen LogP contribution in [0.5, 0.6) is 0 Å². The summed E-state index contributed by atoms with van der Waals surface area (Å²) in [5.74, 6) is 0. The predicted molar refractivity (Wildman–Crippen MR) is 93.2 cm³/mol. The summed E-state index contributed by atoms with van der Waals surface area (Å²) in [5.41, 5.74) is 0. The van der Waals surface area contributed by atoms with Crippen LogP contribution in [0, 0.1) is 0 Å². The largest absolute Gasteiger partial charge is 0.351 e. The van der Waals surface area contributed by atoms with Crippen LogP contribution >= 0.6 is 7.60 Å². The third-order valence-electron chi connectivity index (χ3n) is 3.04. The van der Waals surface area contributed by atoms with E-state index in [9.17, 15) is 17.5 Å². The van der Waals surface area contributed by atoms with Gasteiger partial charge in [0.1, 0.15) is 0 Å². The molecule has 0 rings (SSSR count). The number of hydrogen-bond acceptors (Lipinski definition) is 5. The molecule has 0 saturated carbocycles. The minimum absolute atomic E-state index is 0.0231. The molecule has 0 heterocycles. The summed E-state index contributed by atoms with van der Waals surface area (Å²) >= 11 is 0. The van der Waals surface area contributed by atoms with Gasteiger partial charge in [-0.2, -0.15) is 8.42 Å². The highest BCUT2D eigenvalue weighted by atomic mass is 32.2. The van der Waals surface area contributed by atoms with Gasteiger partial charge in [0, 0.05) is 0 Å². The van der Waals surface area contributed by atoms with Gasteiger partial charge < -0.3 is 9.05 Å². The fourth-order valence-electron chi connectivity index (χ4n) is 2.04. The molecule has 0 fully saturated rings. The van der Waals surface area contributed by atoms with Crippen molar-refractivity contribution in [2.45, 2.75) is 57.9 Å². The maximum Gasteiger partial charge on any atom is 0.351 e. The summed E-state index contributed by atoms with van der Waals surface area (Å²) in [6.07, 6.45) is 11.0. The molecule has 1 N–H and O–H groups in total. The van der Waals surface area contributed by atoms with Crippen molar-refractivity contribution in [3.63, 3.8) is 0 Å². The molecule has 1 atom stereocenters. The normalized spacial score (nSPS) is 14.8. The summed E-state index contributed by atoms with van der Waals surface area (Å²) in [5, 5.41) is 0. The maximum atomic E-state index is 12.6. The molecule has 0 aromatic heterocycles. The molecular formula is C15H29O6PS. The second kappa shape index (κ2) is 12.0. The van der Waals surface area contributed by atoms with E-state index in [2.05, 4.69) is 6.08 Å². The van der Waals surface area contributed by atoms with Crippen molar-refractivity contribution in [1.82, 2.24) is 0 Å². The van der Waals surface area contributed by atoms with Crippen molar-refractivity contribution >= 4 is 17.7 Å². The molecule has 23 heavy (non-hydrogen) atoms. The monoisotopic (exact) mass is 368 g/mol. The van der Waals surface area contributed by atoms with Crippen molar-refractivity contribution < 1.29 is 26.6 Å². The summed E-state index contributed by atoms with van der Waals surface area (Å²) in [4.78, 5) is -1.54. The molecule has 0 bridgehead atoms. The van der Waals surface area contributed by atoms with Crippen molar-refractivity contribution in [1.29, 1.82) is 0 Å². The summed E-state index contributed by atoms with van der Waals surface area (Å²) in [6, 6.07) is 0. The highest BCUT2D eigenvalue weighted by molar-refractivity contribution is 7.94. The second-order valence-corrected chi connectivity index (χ2v) is 9.06. The van der Waals surface area contributed by atoms with Crippen LogP contribution in [0.1, 0.15) is 52.9 Å². The van der Waals surface area contributed by atoms with Crippen molar-refractivity contribution in [2.75, 3.05) is 13.2 Å². The smallest absolute Gasteiger partial charge is 0.308 e. The van der Waals surface area contributed by atoms with Crippen LogP contribution in [-0.2, 0) is 23.7 Å². The van der Waals surface area contributed by atoms with Crippen LogP contribution in [0.4, 0.5) is 0 Å². The van der Waals surface area contributed by atoms with E-state index in [4.69, 9.17) is 9.05 Å². The van der Waals surface area contributed by atoms with Crippen LogP contribution in [0.25, 0.3) is 0 Å². The van der Waals surface area contributed by atoms with E-state index >= 15 is 0 Å². The van der Waals surface area contributed by atoms with Crippen molar-refractivity contribution in [2.24, 2.45) is 0 Å². The molecule has 0 aliphatic rings. The average Bonchev–Trinajstić information content (AvgIpc) is 2.44. The van der Waals surface area contributed by atoms with Gasteiger partial charge in [0.2, 0.25) is 0 Å². The van der Waals surface area contributed by atoms with Crippen molar-refractivity contribution in [3.05, 3.63) is 24.3 Å². The Hall–Kier alpha value is -0.460. The Kier molecular flexibility index (Phi) is 11.7. The molecule has 0 aliphatic carbocycles. The number of rotatable bonds is 13. The Morgan fingerprint density at radius 1 is 1.04 bits per heavy atom. The zero-order chi connectivity index (χ0) is 17.8. The van der Waals surface area contributed by atoms with E-state index < -0.39 is 22.7 Å². The molecule has 6 nitrogen and oxygen atoms in total. The third-order valence-corrected chi connectivity index (χ3v) is 7.74. The lowest BCUT2D eigenvalue weighted by Gasteiger charge is -2.23.